The number of hydrogen-bond donors (Lipinski definition) is 1. The molecule has 0 amide bonds. The number of rotatable bonds is 4. The molecule has 2 aromatic heterocycles. The molecule has 1 N–H and O–H groups in total. The Kier molecular flexibility index (Phi) is 4.84. The van der Waals surface area contributed by atoms with Gasteiger partial charge in [0.15, 0.2) is 0 Å². The Morgan fingerprint density at radius 3 is 2.67 bits per heavy atom. The van der Waals surface area contributed by atoms with E-state index in [2.05, 4.69) is 47.0 Å². The third-order valence-corrected chi connectivity index (χ3v) is 4.92. The average Bonchev–Trinajstić information content (AvgIpc) is 3.08. The Morgan fingerprint density at radius 1 is 1.11 bits per heavy atom. The van der Waals surface area contributed by atoms with Crippen LogP contribution in [0.15, 0.2) is 57.8 Å². The number of nitrogens with zero attached hydrogens (tertiary/aromatic N) is 2. The number of aryl methyl sites for hydroxylation is 1. The van der Waals surface area contributed by atoms with E-state index in [0.717, 1.165) is 22.0 Å². The fourth-order valence-corrected chi connectivity index (χ4v) is 3.51. The van der Waals surface area contributed by atoms with Crippen molar-refractivity contribution in [3.8, 4) is 22.9 Å². The molecule has 8 heteroatoms. The molecule has 0 aliphatic rings. The largest absolute Gasteiger partial charge is 0.457 e. The quantitative estimate of drug-likeness (QED) is 0.384. The van der Waals surface area contributed by atoms with E-state index < -0.39 is 0 Å². The number of nitrogens with one attached hydrogen (secondary N) is 1. The molecule has 4 aromatic rings. The third-order valence-electron chi connectivity index (χ3n) is 3.94. The molecule has 0 spiro atoms. The van der Waals surface area contributed by atoms with Gasteiger partial charge in [0.05, 0.1) is 3.74 Å². The van der Waals surface area contributed by atoms with E-state index in [1.54, 1.807) is 13.0 Å². The van der Waals surface area contributed by atoms with E-state index >= 15 is 0 Å². The number of pyridine rings is 1. The minimum atomic E-state index is -0.154. The highest BCUT2D eigenvalue weighted by Gasteiger charge is 2.12. The van der Waals surface area contributed by atoms with Crippen molar-refractivity contribution in [3.63, 3.8) is 0 Å². The highest BCUT2D eigenvalue weighted by atomic mass is 79.9. The molecule has 0 aliphatic carbocycles. The SMILES string of the molecule is Cc1nc(-c2cccc(Oc3ccc4[nH]c(=O)cc(C(Br)Br)c4c3)c2)no1. The Balaban J connectivity index is 1.71. The minimum absolute atomic E-state index is 0.144. The number of halogens is 2. The molecule has 2 heterocycles. The summed E-state index contributed by atoms with van der Waals surface area (Å²) in [5, 5.41) is 4.81. The first-order valence-electron chi connectivity index (χ1n) is 8.03. The Labute approximate surface area is 170 Å². The molecule has 2 aromatic carbocycles. The molecule has 4 rings (SSSR count). The van der Waals surface area contributed by atoms with Gasteiger partial charge in [-0.3, -0.25) is 4.79 Å². The van der Waals surface area contributed by atoms with E-state index in [4.69, 9.17) is 9.26 Å². The van der Waals surface area contributed by atoms with Gasteiger partial charge in [0.2, 0.25) is 17.3 Å². The topological polar surface area (TPSA) is 81.0 Å². The zero-order valence-corrected chi connectivity index (χ0v) is 17.2. The fraction of sp³-hybridized carbons (Fsp3) is 0.105. The summed E-state index contributed by atoms with van der Waals surface area (Å²) in [6.45, 7) is 1.74. The van der Waals surface area contributed by atoms with Crippen molar-refractivity contribution in [3.05, 3.63) is 70.3 Å². The first-order valence-corrected chi connectivity index (χ1v) is 9.86. The predicted molar refractivity (Wildman–Crippen MR) is 110 cm³/mol. The van der Waals surface area contributed by atoms with Gasteiger partial charge in [-0.1, -0.05) is 49.1 Å². The van der Waals surface area contributed by atoms with Crippen molar-refractivity contribution in [2.24, 2.45) is 0 Å². The number of aromatic nitrogens is 3. The summed E-state index contributed by atoms with van der Waals surface area (Å²) in [6, 6.07) is 14.5. The van der Waals surface area contributed by atoms with Gasteiger partial charge in [-0.25, -0.2) is 0 Å². The lowest BCUT2D eigenvalue weighted by Crippen LogP contribution is -2.06. The van der Waals surface area contributed by atoms with Crippen LogP contribution in [0.4, 0.5) is 0 Å². The van der Waals surface area contributed by atoms with Crippen LogP contribution in [0.2, 0.25) is 0 Å². The van der Waals surface area contributed by atoms with Crippen LogP contribution in [0.1, 0.15) is 15.2 Å². The highest BCUT2D eigenvalue weighted by molar-refractivity contribution is 9.24. The van der Waals surface area contributed by atoms with E-state index in [1.165, 1.54) is 0 Å². The van der Waals surface area contributed by atoms with Gasteiger partial charge in [-0.05, 0) is 35.9 Å². The van der Waals surface area contributed by atoms with Crippen molar-refractivity contribution in [1.82, 2.24) is 15.1 Å². The summed E-state index contributed by atoms with van der Waals surface area (Å²) in [4.78, 5) is 18.9. The van der Waals surface area contributed by atoms with Crippen molar-refractivity contribution >= 4 is 42.8 Å². The monoisotopic (exact) mass is 489 g/mol. The van der Waals surface area contributed by atoms with E-state index in [-0.39, 0.29) is 9.30 Å². The molecule has 0 bridgehead atoms. The van der Waals surface area contributed by atoms with Crippen molar-refractivity contribution in [2.75, 3.05) is 0 Å². The summed E-state index contributed by atoms with van der Waals surface area (Å²) in [5.74, 6) is 2.32. The zero-order chi connectivity index (χ0) is 19.0. The molecule has 0 aliphatic heterocycles. The molecule has 0 fully saturated rings. The zero-order valence-electron chi connectivity index (χ0n) is 14.1. The molecule has 27 heavy (non-hydrogen) atoms. The van der Waals surface area contributed by atoms with Gasteiger partial charge >= 0.3 is 0 Å². The van der Waals surface area contributed by atoms with E-state index in [0.29, 0.717) is 23.2 Å². The summed E-state index contributed by atoms with van der Waals surface area (Å²) < 4.78 is 10.9. The summed E-state index contributed by atoms with van der Waals surface area (Å²) >= 11 is 6.93. The second-order valence-corrected chi connectivity index (χ2v) is 8.92. The van der Waals surface area contributed by atoms with Crippen LogP contribution in [-0.4, -0.2) is 15.1 Å². The van der Waals surface area contributed by atoms with Crippen LogP contribution >= 0.6 is 31.9 Å². The van der Waals surface area contributed by atoms with E-state index in [1.807, 2.05) is 42.5 Å². The number of ether oxygens (including phenoxy) is 1. The molecule has 6 nitrogen and oxygen atoms in total. The summed E-state index contributed by atoms with van der Waals surface area (Å²) in [7, 11) is 0. The molecular formula is C19H13Br2N3O3. The molecule has 0 unspecified atom stereocenters. The van der Waals surface area contributed by atoms with Crippen LogP contribution in [0.5, 0.6) is 11.5 Å². The second kappa shape index (κ2) is 7.28. The van der Waals surface area contributed by atoms with E-state index in [9.17, 15) is 4.79 Å². The van der Waals surface area contributed by atoms with Crippen LogP contribution in [0.3, 0.4) is 0 Å². The Morgan fingerprint density at radius 2 is 1.93 bits per heavy atom. The maximum Gasteiger partial charge on any atom is 0.248 e. The number of aromatic amines is 1. The fourth-order valence-electron chi connectivity index (χ4n) is 2.75. The van der Waals surface area contributed by atoms with Gasteiger partial charge in [0.1, 0.15) is 11.5 Å². The van der Waals surface area contributed by atoms with Crippen LogP contribution in [-0.2, 0) is 0 Å². The molecule has 0 radical (unpaired) electrons. The van der Waals surface area contributed by atoms with Gasteiger partial charge in [0, 0.05) is 29.5 Å². The molecule has 136 valence electrons. The van der Waals surface area contributed by atoms with Crippen LogP contribution in [0, 0.1) is 6.92 Å². The third kappa shape index (κ3) is 3.81. The van der Waals surface area contributed by atoms with Crippen LogP contribution in [0.25, 0.3) is 22.3 Å². The molecular weight excluding hydrogens is 478 g/mol. The van der Waals surface area contributed by atoms with Crippen molar-refractivity contribution < 1.29 is 9.26 Å². The average molecular weight is 491 g/mol. The number of alkyl halides is 2. The summed E-state index contributed by atoms with van der Waals surface area (Å²) in [5.41, 5.74) is 2.22. The van der Waals surface area contributed by atoms with Gasteiger partial charge in [0.25, 0.3) is 0 Å². The number of H-pyrrole nitrogens is 1. The second-order valence-electron chi connectivity index (χ2n) is 5.86. The maximum atomic E-state index is 11.8. The van der Waals surface area contributed by atoms with Crippen LogP contribution < -0.4 is 10.3 Å². The normalized spacial score (nSPS) is 11.3. The predicted octanol–water partition coefficient (Wildman–Crippen LogP) is 5.47. The first-order chi connectivity index (χ1) is 13.0. The first kappa shape index (κ1) is 17.9. The smallest absolute Gasteiger partial charge is 0.248 e. The number of fused-ring (bicyclic) bond motifs is 1. The standard InChI is InChI=1S/C19H13Br2N3O3/c1-10-22-19(24-27-10)11-3-2-4-12(7-11)26-13-5-6-16-14(8-13)15(18(20)21)9-17(25)23-16/h2-9,18H,1H3,(H,23,25). The lowest BCUT2D eigenvalue weighted by atomic mass is 10.1. The Bertz CT molecular complexity index is 1180. The van der Waals surface area contributed by atoms with Gasteiger partial charge in [-0.15, -0.1) is 0 Å². The lowest BCUT2D eigenvalue weighted by molar-refractivity contribution is 0.394. The highest BCUT2D eigenvalue weighted by Crippen LogP contribution is 2.35. The van der Waals surface area contributed by atoms with Gasteiger partial charge in [-0.2, -0.15) is 4.98 Å². The van der Waals surface area contributed by atoms with Gasteiger partial charge < -0.3 is 14.2 Å². The Hall–Kier alpha value is -2.45. The maximum absolute atomic E-state index is 11.8. The molecule has 0 atom stereocenters. The van der Waals surface area contributed by atoms with Crippen molar-refractivity contribution in [2.45, 2.75) is 10.7 Å². The summed E-state index contributed by atoms with van der Waals surface area (Å²) in [6.07, 6.45) is 0. The molecule has 0 saturated carbocycles. The minimum Gasteiger partial charge on any atom is -0.457 e. The van der Waals surface area contributed by atoms with Crippen molar-refractivity contribution in [1.29, 1.82) is 0 Å². The molecule has 0 saturated heterocycles. The number of hydrogen-bond acceptors (Lipinski definition) is 5. The number of benzene rings is 2. The lowest BCUT2D eigenvalue weighted by Gasteiger charge is -2.11.